The Balaban J connectivity index is 2.13. The van der Waals surface area contributed by atoms with Crippen molar-refractivity contribution in [1.82, 2.24) is 4.98 Å². The van der Waals surface area contributed by atoms with Gasteiger partial charge in [0.25, 0.3) is 0 Å². The first kappa shape index (κ1) is 20.4. The maximum atomic E-state index is 12.1. The minimum Gasteiger partial charge on any atom is -0.465 e. The van der Waals surface area contributed by atoms with E-state index in [1.54, 1.807) is 37.3 Å². The predicted octanol–water partition coefficient (Wildman–Crippen LogP) is 6.05. The summed E-state index contributed by atoms with van der Waals surface area (Å²) in [5, 5.41) is 12.5. The predicted molar refractivity (Wildman–Crippen MR) is 115 cm³/mol. The standard InChI is InChI=1S/C21H17ClN2O2S2/c1-3-26-21(25)13(2)28-20-17(12-23)16(14-6-8-15(22)9-7-14)11-18(24-20)19-5-4-10-27-19/h4-11,13H,3H2,1-2H3/t13-/m0/s1. The molecule has 1 atom stereocenters. The smallest absolute Gasteiger partial charge is 0.319 e. The summed E-state index contributed by atoms with van der Waals surface area (Å²) >= 11 is 8.83. The van der Waals surface area contributed by atoms with Gasteiger partial charge in [-0.25, -0.2) is 4.98 Å². The van der Waals surface area contributed by atoms with Gasteiger partial charge in [0.15, 0.2) is 0 Å². The van der Waals surface area contributed by atoms with Crippen molar-refractivity contribution >= 4 is 40.7 Å². The molecule has 3 rings (SSSR count). The molecule has 2 heterocycles. The Labute approximate surface area is 177 Å². The van der Waals surface area contributed by atoms with Crippen LogP contribution in [-0.2, 0) is 9.53 Å². The van der Waals surface area contributed by atoms with Crippen LogP contribution in [0.1, 0.15) is 19.4 Å². The van der Waals surface area contributed by atoms with E-state index in [0.717, 1.165) is 21.7 Å². The van der Waals surface area contributed by atoms with Gasteiger partial charge in [-0.1, -0.05) is 41.6 Å². The molecular weight excluding hydrogens is 412 g/mol. The number of pyridine rings is 1. The minimum absolute atomic E-state index is 0.313. The van der Waals surface area contributed by atoms with Gasteiger partial charge >= 0.3 is 5.97 Å². The van der Waals surface area contributed by atoms with Crippen molar-refractivity contribution in [2.45, 2.75) is 24.1 Å². The third-order valence-electron chi connectivity index (χ3n) is 3.93. The fraction of sp³-hybridized carbons (Fsp3) is 0.190. The molecule has 142 valence electrons. The Morgan fingerprint density at radius 3 is 2.71 bits per heavy atom. The number of nitrogens with zero attached hydrogens (tertiary/aromatic N) is 2. The van der Waals surface area contributed by atoms with Crippen molar-refractivity contribution in [2.75, 3.05) is 6.61 Å². The quantitative estimate of drug-likeness (QED) is 0.353. The molecular formula is C21H17ClN2O2S2. The molecule has 0 radical (unpaired) electrons. The molecule has 0 unspecified atom stereocenters. The highest BCUT2D eigenvalue weighted by atomic mass is 35.5. The van der Waals surface area contributed by atoms with Crippen LogP contribution in [0.3, 0.4) is 0 Å². The van der Waals surface area contributed by atoms with E-state index in [1.165, 1.54) is 11.8 Å². The summed E-state index contributed by atoms with van der Waals surface area (Å²) in [5.41, 5.74) is 2.82. The lowest BCUT2D eigenvalue weighted by Crippen LogP contribution is -2.17. The van der Waals surface area contributed by atoms with Gasteiger partial charge in [-0.2, -0.15) is 5.26 Å². The van der Waals surface area contributed by atoms with Gasteiger partial charge in [-0.3, -0.25) is 4.79 Å². The second-order valence-electron chi connectivity index (χ2n) is 5.84. The highest BCUT2D eigenvalue weighted by molar-refractivity contribution is 8.00. The van der Waals surface area contributed by atoms with Crippen molar-refractivity contribution in [3.05, 3.63) is 58.4 Å². The van der Waals surface area contributed by atoms with E-state index in [9.17, 15) is 10.1 Å². The van der Waals surface area contributed by atoms with Gasteiger partial charge < -0.3 is 4.74 Å². The molecule has 0 aliphatic heterocycles. The van der Waals surface area contributed by atoms with Crippen LogP contribution in [0, 0.1) is 11.3 Å². The number of hydrogen-bond acceptors (Lipinski definition) is 6. The van der Waals surface area contributed by atoms with E-state index in [4.69, 9.17) is 16.3 Å². The minimum atomic E-state index is -0.476. The second kappa shape index (κ2) is 9.24. The summed E-state index contributed by atoms with van der Waals surface area (Å²) in [5.74, 6) is -0.326. The number of thiophene rings is 1. The largest absolute Gasteiger partial charge is 0.465 e. The Morgan fingerprint density at radius 1 is 1.36 bits per heavy atom. The third kappa shape index (κ3) is 4.56. The first-order chi connectivity index (χ1) is 13.5. The van der Waals surface area contributed by atoms with Crippen LogP contribution >= 0.6 is 34.7 Å². The maximum absolute atomic E-state index is 12.1. The second-order valence-corrected chi connectivity index (χ2v) is 8.56. The summed E-state index contributed by atoms with van der Waals surface area (Å²) in [6.45, 7) is 3.84. The van der Waals surface area contributed by atoms with Crippen LogP contribution in [0.2, 0.25) is 5.02 Å². The first-order valence-electron chi connectivity index (χ1n) is 8.61. The molecule has 0 aliphatic rings. The highest BCUT2D eigenvalue weighted by Crippen LogP contribution is 2.37. The molecule has 3 aromatic rings. The average Bonchev–Trinajstić information content (AvgIpc) is 3.23. The van der Waals surface area contributed by atoms with Crippen LogP contribution in [0.25, 0.3) is 21.7 Å². The number of thioether (sulfide) groups is 1. The number of esters is 1. The monoisotopic (exact) mass is 428 g/mol. The van der Waals surface area contributed by atoms with Crippen molar-refractivity contribution < 1.29 is 9.53 Å². The van der Waals surface area contributed by atoms with Crippen LogP contribution in [0.5, 0.6) is 0 Å². The SMILES string of the molecule is CCOC(=O)[C@H](C)Sc1nc(-c2cccs2)cc(-c2ccc(Cl)cc2)c1C#N. The number of nitriles is 1. The number of hydrogen-bond donors (Lipinski definition) is 0. The van der Waals surface area contributed by atoms with Gasteiger partial charge in [0.2, 0.25) is 0 Å². The van der Waals surface area contributed by atoms with E-state index in [0.29, 0.717) is 22.2 Å². The summed E-state index contributed by atoms with van der Waals surface area (Å²) in [7, 11) is 0. The lowest BCUT2D eigenvalue weighted by molar-refractivity contribution is -0.142. The molecule has 0 aliphatic carbocycles. The normalized spacial score (nSPS) is 11.6. The van der Waals surface area contributed by atoms with E-state index in [2.05, 4.69) is 11.1 Å². The summed E-state index contributed by atoms with van der Waals surface area (Å²) in [6.07, 6.45) is 0. The Hall–Kier alpha value is -2.33. The van der Waals surface area contributed by atoms with E-state index in [-0.39, 0.29) is 5.97 Å². The molecule has 4 nitrogen and oxygen atoms in total. The number of carbonyl (C=O) groups is 1. The Kier molecular flexibility index (Phi) is 6.74. The maximum Gasteiger partial charge on any atom is 0.319 e. The van der Waals surface area contributed by atoms with E-state index >= 15 is 0 Å². The fourth-order valence-electron chi connectivity index (χ4n) is 2.60. The topological polar surface area (TPSA) is 63.0 Å². The third-order valence-corrected chi connectivity index (χ3v) is 6.14. The summed E-state index contributed by atoms with van der Waals surface area (Å²) < 4.78 is 5.10. The molecule has 0 saturated heterocycles. The Morgan fingerprint density at radius 2 is 2.11 bits per heavy atom. The zero-order valence-corrected chi connectivity index (χ0v) is 17.7. The van der Waals surface area contributed by atoms with Gasteiger partial charge in [-0.05, 0) is 49.1 Å². The van der Waals surface area contributed by atoms with Gasteiger partial charge in [0.05, 0.1) is 22.7 Å². The van der Waals surface area contributed by atoms with Crippen LogP contribution in [-0.4, -0.2) is 22.8 Å². The van der Waals surface area contributed by atoms with Crippen molar-refractivity contribution in [1.29, 1.82) is 5.26 Å². The molecule has 0 fully saturated rings. The van der Waals surface area contributed by atoms with Crippen LogP contribution in [0.15, 0.2) is 52.9 Å². The molecule has 0 N–H and O–H groups in total. The molecule has 28 heavy (non-hydrogen) atoms. The lowest BCUT2D eigenvalue weighted by Gasteiger charge is -2.14. The average molecular weight is 429 g/mol. The van der Waals surface area contributed by atoms with E-state index in [1.807, 2.05) is 35.7 Å². The van der Waals surface area contributed by atoms with E-state index < -0.39 is 5.25 Å². The van der Waals surface area contributed by atoms with Crippen LogP contribution in [0.4, 0.5) is 0 Å². The first-order valence-corrected chi connectivity index (χ1v) is 10.8. The molecule has 0 saturated carbocycles. The molecule has 7 heteroatoms. The lowest BCUT2D eigenvalue weighted by atomic mass is 10.0. The fourth-order valence-corrected chi connectivity index (χ4v) is 4.33. The molecule has 1 aromatic carbocycles. The number of benzene rings is 1. The number of rotatable bonds is 6. The number of ether oxygens (including phenoxy) is 1. The van der Waals surface area contributed by atoms with Gasteiger partial charge in [0.1, 0.15) is 16.3 Å². The van der Waals surface area contributed by atoms with Crippen LogP contribution < -0.4 is 0 Å². The summed E-state index contributed by atoms with van der Waals surface area (Å²) in [6, 6.07) is 15.4. The highest BCUT2D eigenvalue weighted by Gasteiger charge is 2.22. The molecule has 0 bridgehead atoms. The van der Waals surface area contributed by atoms with Crippen molar-refractivity contribution in [3.8, 4) is 27.8 Å². The summed E-state index contributed by atoms with van der Waals surface area (Å²) in [4.78, 5) is 17.8. The number of aromatic nitrogens is 1. The number of halogens is 1. The zero-order valence-electron chi connectivity index (χ0n) is 15.3. The number of carbonyl (C=O) groups excluding carboxylic acids is 1. The van der Waals surface area contributed by atoms with Gasteiger partial charge in [0, 0.05) is 10.6 Å². The van der Waals surface area contributed by atoms with Gasteiger partial charge in [-0.15, -0.1) is 11.3 Å². The molecule has 0 spiro atoms. The van der Waals surface area contributed by atoms with Crippen molar-refractivity contribution in [2.24, 2.45) is 0 Å². The zero-order chi connectivity index (χ0) is 20.1. The van der Waals surface area contributed by atoms with Crippen molar-refractivity contribution in [3.63, 3.8) is 0 Å². The molecule has 2 aromatic heterocycles. The Bertz CT molecular complexity index is 1010. The molecule has 0 amide bonds.